The van der Waals surface area contributed by atoms with Crippen LogP contribution in [0.1, 0.15) is 31.8 Å². The molecule has 10 aromatic carbocycles. The van der Waals surface area contributed by atoms with E-state index in [1.54, 1.807) is 30.3 Å². The molecule has 0 radical (unpaired) electrons. The summed E-state index contributed by atoms with van der Waals surface area (Å²) in [5, 5.41) is 26.5. The molecule has 8 heteroatoms. The maximum Gasteiger partial charge on any atom is 0.266 e. The number of carbonyl (C=O) groups is 2. The summed E-state index contributed by atoms with van der Waals surface area (Å²) < 4.78 is 6.70. The topological polar surface area (TPSA) is 99.8 Å². The van der Waals surface area contributed by atoms with Gasteiger partial charge in [-0.05, 0) is 150 Å². The van der Waals surface area contributed by atoms with E-state index in [2.05, 4.69) is 171 Å². The highest BCUT2D eigenvalue weighted by Crippen LogP contribution is 2.42. The van der Waals surface area contributed by atoms with E-state index in [1.165, 1.54) is 10.3 Å². The van der Waals surface area contributed by atoms with Gasteiger partial charge in [0.2, 0.25) is 0 Å². The van der Waals surface area contributed by atoms with Crippen LogP contribution in [-0.2, 0) is 0 Å². The van der Waals surface area contributed by atoms with Crippen LogP contribution in [0.5, 0.6) is 0 Å². The van der Waals surface area contributed by atoms with Crippen molar-refractivity contribution in [3.8, 4) is 51.5 Å². The van der Waals surface area contributed by atoms with Gasteiger partial charge in [0.1, 0.15) is 0 Å². The number of carbonyl (C=O) groups excluding carboxylic acids is 2. The summed E-state index contributed by atoms with van der Waals surface area (Å²) in [5.74, 6) is -0.844. The number of aromatic nitrogens is 3. The van der Waals surface area contributed by atoms with Gasteiger partial charge in [-0.1, -0.05) is 91.0 Å². The summed E-state index contributed by atoms with van der Waals surface area (Å²) in [6.07, 6.45) is 0. The average Bonchev–Trinajstić information content (AvgIpc) is 4.14. The largest absolute Gasteiger partial charge is 0.309 e. The number of hydrogen-bond acceptors (Lipinski definition) is 4. The fraction of sp³-hybridized carbons (Fsp3) is 0. The van der Waals surface area contributed by atoms with E-state index in [9.17, 15) is 20.1 Å². The summed E-state index contributed by atoms with van der Waals surface area (Å²) >= 11 is 0. The Hall–Kier alpha value is -10.3. The normalized spacial score (nSPS) is 12.4. The lowest BCUT2D eigenvalue weighted by Gasteiger charge is -2.17. The molecule has 8 nitrogen and oxygen atoms in total. The third-order valence-electron chi connectivity index (χ3n) is 14.4. The summed E-state index contributed by atoms with van der Waals surface area (Å²) in [6.45, 7) is 0. The molecule has 13 aromatic rings. The third-order valence-corrected chi connectivity index (χ3v) is 14.4. The second-order valence-corrected chi connectivity index (χ2v) is 18.3. The number of hydrogen-bond donors (Lipinski definition) is 0. The van der Waals surface area contributed by atoms with E-state index in [0.717, 1.165) is 93.7 Å². The molecule has 0 atom stereocenters. The van der Waals surface area contributed by atoms with E-state index < -0.39 is 11.8 Å². The fourth-order valence-electron chi connectivity index (χ4n) is 11.1. The Balaban J connectivity index is 0.971. The molecule has 0 bridgehead atoms. The number of benzene rings is 10. The summed E-state index contributed by atoms with van der Waals surface area (Å²) in [4.78, 5) is 28.9. The molecule has 0 fully saturated rings. The molecule has 0 saturated heterocycles. The minimum absolute atomic E-state index is 0.318. The Morgan fingerprint density at radius 3 is 1.14 bits per heavy atom. The molecule has 2 amide bonds. The molecule has 0 aliphatic carbocycles. The zero-order valence-corrected chi connectivity index (χ0v) is 38.3. The van der Waals surface area contributed by atoms with Crippen molar-refractivity contribution in [2.24, 2.45) is 0 Å². The molecule has 4 heterocycles. The van der Waals surface area contributed by atoms with E-state index in [4.69, 9.17) is 0 Å². The zero-order valence-electron chi connectivity index (χ0n) is 38.3. The second kappa shape index (κ2) is 15.6. The van der Waals surface area contributed by atoms with Crippen LogP contribution in [-0.4, -0.2) is 25.5 Å². The Morgan fingerprint density at radius 2 is 0.667 bits per heavy atom. The number of amides is 2. The highest BCUT2D eigenvalue weighted by Gasteiger charge is 2.37. The van der Waals surface area contributed by atoms with Gasteiger partial charge in [0.15, 0.2) is 0 Å². The van der Waals surface area contributed by atoms with Crippen molar-refractivity contribution in [1.29, 1.82) is 10.5 Å². The zero-order chi connectivity index (χ0) is 48.2. The predicted molar refractivity (Wildman–Crippen MR) is 287 cm³/mol. The lowest BCUT2D eigenvalue weighted by Crippen LogP contribution is -2.29. The second-order valence-electron chi connectivity index (χ2n) is 18.3. The van der Waals surface area contributed by atoms with Crippen molar-refractivity contribution in [1.82, 2.24) is 13.7 Å². The van der Waals surface area contributed by atoms with Gasteiger partial charge in [-0.25, -0.2) is 4.90 Å². The highest BCUT2D eigenvalue weighted by molar-refractivity contribution is 6.34. The third kappa shape index (κ3) is 6.03. The van der Waals surface area contributed by atoms with Gasteiger partial charge in [0.05, 0.1) is 73.2 Å². The fourth-order valence-corrected chi connectivity index (χ4v) is 11.1. The van der Waals surface area contributed by atoms with Gasteiger partial charge in [-0.3, -0.25) is 9.59 Å². The first kappa shape index (κ1) is 40.8. The van der Waals surface area contributed by atoms with Crippen LogP contribution in [0.3, 0.4) is 0 Å². The summed E-state index contributed by atoms with van der Waals surface area (Å²) in [5.41, 5.74) is 15.0. The number of para-hydroxylation sites is 3. The first-order valence-corrected chi connectivity index (χ1v) is 23.7. The molecule has 0 spiro atoms. The van der Waals surface area contributed by atoms with Crippen LogP contribution in [0.25, 0.3) is 105 Å². The number of fused-ring (bicyclic) bond motifs is 10. The average molecular weight is 921 g/mol. The number of rotatable bonds is 6. The Kier molecular flexibility index (Phi) is 8.85. The smallest absolute Gasteiger partial charge is 0.266 e. The van der Waals surface area contributed by atoms with Gasteiger partial charge >= 0.3 is 0 Å². The van der Waals surface area contributed by atoms with E-state index in [1.807, 2.05) is 42.5 Å². The monoisotopic (exact) mass is 920 g/mol. The molecule has 0 saturated carbocycles. The number of anilines is 1. The van der Waals surface area contributed by atoms with Gasteiger partial charge in [0.25, 0.3) is 11.8 Å². The summed E-state index contributed by atoms with van der Waals surface area (Å²) in [7, 11) is 0. The molecule has 0 unspecified atom stereocenters. The van der Waals surface area contributed by atoms with Crippen LogP contribution < -0.4 is 4.90 Å². The first-order chi connectivity index (χ1) is 35.4. The van der Waals surface area contributed by atoms with E-state index in [0.29, 0.717) is 33.6 Å². The SMILES string of the molecule is N#Cc1ccc(-n2c3ccccc3c3cc(-c4ccc5c(c4)c4cc(-c6ccc7c(c6)c6ccccc6n7-c6ccccc6)ccc4n5-c4cc(C#N)cc(N5C(=O)c6ccccc6C5=O)c4)ccc32)cc1. The van der Waals surface area contributed by atoms with Crippen LogP contribution in [0.15, 0.2) is 218 Å². The molecule has 1 aliphatic heterocycles. The standard InChI is InChI=1S/C64H36N6O2/c65-37-39-18-24-46(25-19-39)68-58-17-9-7-13-50(58)54-33-42(21-27-60(54)68)44-23-29-62-56(35-44)55-34-43(41-20-26-59-53(32-41)49-12-6-8-16-57(49)67(59)45-10-2-1-3-11-45)22-28-61(55)69(62)47-30-40(38-66)31-48(36-47)70-63(71)51-14-4-5-15-52(51)64(70)72/h1-36H. The minimum atomic E-state index is -0.422. The Morgan fingerprint density at radius 1 is 0.292 bits per heavy atom. The van der Waals surface area contributed by atoms with Crippen molar-refractivity contribution < 1.29 is 9.59 Å². The number of imide groups is 1. The van der Waals surface area contributed by atoms with Gasteiger partial charge in [-0.15, -0.1) is 0 Å². The van der Waals surface area contributed by atoms with Crippen molar-refractivity contribution in [3.63, 3.8) is 0 Å². The summed E-state index contributed by atoms with van der Waals surface area (Å²) in [6, 6.07) is 78.0. The van der Waals surface area contributed by atoms with Crippen molar-refractivity contribution >= 4 is 82.9 Å². The van der Waals surface area contributed by atoms with Crippen molar-refractivity contribution in [2.75, 3.05) is 4.90 Å². The number of nitrogens with zero attached hydrogens (tertiary/aromatic N) is 6. The van der Waals surface area contributed by atoms with Crippen LogP contribution in [0, 0.1) is 22.7 Å². The molecule has 72 heavy (non-hydrogen) atoms. The first-order valence-electron chi connectivity index (χ1n) is 23.7. The van der Waals surface area contributed by atoms with Crippen LogP contribution in [0.2, 0.25) is 0 Å². The minimum Gasteiger partial charge on any atom is -0.309 e. The molecular formula is C64H36N6O2. The maximum absolute atomic E-state index is 13.9. The molecular weight excluding hydrogens is 885 g/mol. The molecule has 334 valence electrons. The van der Waals surface area contributed by atoms with Crippen LogP contribution in [0.4, 0.5) is 5.69 Å². The van der Waals surface area contributed by atoms with Crippen molar-refractivity contribution in [2.45, 2.75) is 0 Å². The van der Waals surface area contributed by atoms with Gasteiger partial charge < -0.3 is 13.7 Å². The highest BCUT2D eigenvalue weighted by atomic mass is 16.2. The lowest BCUT2D eigenvalue weighted by molar-refractivity contribution is 0.0926. The van der Waals surface area contributed by atoms with E-state index >= 15 is 0 Å². The van der Waals surface area contributed by atoms with Gasteiger partial charge in [-0.2, -0.15) is 10.5 Å². The molecule has 0 N–H and O–H groups in total. The molecule has 3 aromatic heterocycles. The number of nitriles is 2. The Labute approximate surface area is 411 Å². The van der Waals surface area contributed by atoms with Crippen LogP contribution >= 0.6 is 0 Å². The van der Waals surface area contributed by atoms with Crippen molar-refractivity contribution in [3.05, 3.63) is 241 Å². The Bertz CT molecular complexity index is 4540. The maximum atomic E-state index is 13.9. The molecule has 14 rings (SSSR count). The predicted octanol–water partition coefficient (Wildman–Crippen LogP) is 14.9. The molecule has 1 aliphatic rings. The van der Waals surface area contributed by atoms with Gasteiger partial charge in [0, 0.05) is 49.4 Å². The van der Waals surface area contributed by atoms with E-state index in [-0.39, 0.29) is 0 Å². The lowest BCUT2D eigenvalue weighted by atomic mass is 9.98. The quantitative estimate of drug-likeness (QED) is 0.155.